The summed E-state index contributed by atoms with van der Waals surface area (Å²) in [4.78, 5) is 15.4. The summed E-state index contributed by atoms with van der Waals surface area (Å²) in [6, 6.07) is 9.65. The highest BCUT2D eigenvalue weighted by atomic mass is 16.5. The lowest BCUT2D eigenvalue weighted by Gasteiger charge is -2.23. The smallest absolute Gasteiger partial charge is 0.323 e. The van der Waals surface area contributed by atoms with Gasteiger partial charge in [-0.3, -0.25) is 9.78 Å². The van der Waals surface area contributed by atoms with Gasteiger partial charge in [-0.05, 0) is 45.0 Å². The molecular weight excluding hydrogens is 268 g/mol. The average Bonchev–Trinajstić information content (AvgIpc) is 2.51. The van der Waals surface area contributed by atoms with Crippen molar-refractivity contribution in [2.24, 2.45) is 0 Å². The molecule has 0 amide bonds. The summed E-state index contributed by atoms with van der Waals surface area (Å²) in [5.41, 5.74) is -0.0190. The van der Waals surface area contributed by atoms with Crippen molar-refractivity contribution in [3.05, 3.63) is 36.5 Å². The van der Waals surface area contributed by atoms with Crippen LogP contribution in [0.25, 0.3) is 10.9 Å². The van der Waals surface area contributed by atoms with E-state index in [0.29, 0.717) is 19.4 Å². The first kappa shape index (κ1) is 15.3. The molecule has 5 heteroatoms. The molecule has 1 heterocycles. The Morgan fingerprint density at radius 2 is 2.24 bits per heavy atom. The number of carboxylic acids is 1. The number of ether oxygens (including phenoxy) is 1. The van der Waals surface area contributed by atoms with Crippen LogP contribution < -0.4 is 10.1 Å². The lowest BCUT2D eigenvalue weighted by molar-refractivity contribution is -0.144. The highest BCUT2D eigenvalue weighted by molar-refractivity contribution is 5.79. The lowest BCUT2D eigenvalue weighted by atomic mass is 9.96. The van der Waals surface area contributed by atoms with E-state index in [0.717, 1.165) is 16.7 Å². The standard InChI is InChI=1S/C16H20N2O3/c1-16(17-2,15(19)20)8-4-10-21-13-7-6-12-5-3-9-18-14(12)11-13/h3,5-7,9,11,17H,4,8,10H2,1-2H3,(H,19,20). The van der Waals surface area contributed by atoms with Crippen molar-refractivity contribution in [3.8, 4) is 5.75 Å². The maximum atomic E-state index is 11.2. The van der Waals surface area contributed by atoms with Crippen LogP contribution in [0.15, 0.2) is 36.5 Å². The maximum absolute atomic E-state index is 11.2. The topological polar surface area (TPSA) is 71.5 Å². The van der Waals surface area contributed by atoms with Gasteiger partial charge in [0.2, 0.25) is 0 Å². The summed E-state index contributed by atoms with van der Waals surface area (Å²) in [7, 11) is 1.66. The summed E-state index contributed by atoms with van der Waals surface area (Å²) in [6.07, 6.45) is 2.91. The van der Waals surface area contributed by atoms with E-state index in [-0.39, 0.29) is 0 Å². The largest absolute Gasteiger partial charge is 0.494 e. The molecule has 1 atom stereocenters. The monoisotopic (exact) mass is 288 g/mol. The van der Waals surface area contributed by atoms with Crippen molar-refractivity contribution >= 4 is 16.9 Å². The SMILES string of the molecule is CNC(C)(CCCOc1ccc2cccnc2c1)C(=O)O. The Morgan fingerprint density at radius 1 is 1.43 bits per heavy atom. The summed E-state index contributed by atoms with van der Waals surface area (Å²) in [5, 5.41) is 13.1. The quantitative estimate of drug-likeness (QED) is 0.766. The number of nitrogens with one attached hydrogen (secondary N) is 1. The number of fused-ring (bicyclic) bond motifs is 1. The Morgan fingerprint density at radius 3 is 2.95 bits per heavy atom. The molecule has 1 aromatic carbocycles. The number of likely N-dealkylation sites (N-methyl/N-ethyl adjacent to an activating group) is 1. The Bertz CT molecular complexity index is 630. The Kier molecular flexibility index (Phi) is 4.75. The van der Waals surface area contributed by atoms with E-state index in [1.165, 1.54) is 0 Å². The van der Waals surface area contributed by atoms with Crippen molar-refractivity contribution < 1.29 is 14.6 Å². The third-order valence-electron chi connectivity index (χ3n) is 3.69. The molecule has 0 radical (unpaired) electrons. The van der Waals surface area contributed by atoms with Gasteiger partial charge in [-0.1, -0.05) is 6.07 Å². The molecule has 1 aromatic heterocycles. The number of pyridine rings is 1. The maximum Gasteiger partial charge on any atom is 0.323 e. The number of hydrogen-bond acceptors (Lipinski definition) is 4. The average molecular weight is 288 g/mol. The van der Waals surface area contributed by atoms with Gasteiger partial charge in [0.1, 0.15) is 11.3 Å². The normalized spacial score (nSPS) is 13.8. The van der Waals surface area contributed by atoms with Crippen molar-refractivity contribution in [2.45, 2.75) is 25.3 Å². The molecule has 0 spiro atoms. The number of benzene rings is 1. The fraction of sp³-hybridized carbons (Fsp3) is 0.375. The molecule has 0 aliphatic rings. The first-order valence-corrected chi connectivity index (χ1v) is 6.95. The van der Waals surface area contributed by atoms with Crippen LogP contribution in [-0.4, -0.2) is 35.3 Å². The zero-order chi connectivity index (χ0) is 15.3. The van der Waals surface area contributed by atoms with Crippen LogP contribution in [0, 0.1) is 0 Å². The van der Waals surface area contributed by atoms with Gasteiger partial charge in [0, 0.05) is 17.6 Å². The van der Waals surface area contributed by atoms with Gasteiger partial charge in [0.05, 0.1) is 12.1 Å². The van der Waals surface area contributed by atoms with Gasteiger partial charge in [-0.25, -0.2) is 0 Å². The number of nitrogens with zero attached hydrogens (tertiary/aromatic N) is 1. The van der Waals surface area contributed by atoms with E-state index >= 15 is 0 Å². The van der Waals surface area contributed by atoms with Crippen LogP contribution in [0.3, 0.4) is 0 Å². The number of hydrogen-bond donors (Lipinski definition) is 2. The molecule has 1 unspecified atom stereocenters. The molecule has 2 aromatic rings. The second-order valence-electron chi connectivity index (χ2n) is 5.20. The molecule has 0 aliphatic carbocycles. The number of carbonyl (C=O) groups is 1. The first-order chi connectivity index (χ1) is 10.0. The molecule has 0 saturated carbocycles. The number of carboxylic acid groups (broad SMARTS) is 1. The van der Waals surface area contributed by atoms with Crippen molar-refractivity contribution in [3.63, 3.8) is 0 Å². The van der Waals surface area contributed by atoms with Crippen LogP contribution in [0.5, 0.6) is 5.75 Å². The lowest BCUT2D eigenvalue weighted by Crippen LogP contribution is -2.47. The number of aromatic nitrogens is 1. The molecule has 0 bridgehead atoms. The van der Waals surface area contributed by atoms with E-state index in [4.69, 9.17) is 9.84 Å². The minimum atomic E-state index is -0.908. The fourth-order valence-electron chi connectivity index (χ4n) is 2.09. The predicted molar refractivity (Wildman–Crippen MR) is 81.6 cm³/mol. The van der Waals surface area contributed by atoms with E-state index in [1.54, 1.807) is 20.2 Å². The van der Waals surface area contributed by atoms with Crippen LogP contribution in [-0.2, 0) is 4.79 Å². The zero-order valence-electron chi connectivity index (χ0n) is 12.3. The third kappa shape index (κ3) is 3.70. The summed E-state index contributed by atoms with van der Waals surface area (Å²) in [6.45, 7) is 2.15. The van der Waals surface area contributed by atoms with Crippen LogP contribution in [0.1, 0.15) is 19.8 Å². The highest BCUT2D eigenvalue weighted by Crippen LogP contribution is 2.19. The van der Waals surface area contributed by atoms with Crippen molar-refractivity contribution in [1.29, 1.82) is 0 Å². The third-order valence-corrected chi connectivity index (χ3v) is 3.69. The molecule has 0 fully saturated rings. The van der Waals surface area contributed by atoms with E-state index in [2.05, 4.69) is 10.3 Å². The molecule has 0 aliphatic heterocycles. The summed E-state index contributed by atoms with van der Waals surface area (Å²) in [5.74, 6) is -0.0948. The minimum absolute atomic E-state index is 0.475. The number of aliphatic carboxylic acids is 1. The molecule has 2 rings (SSSR count). The van der Waals surface area contributed by atoms with Crippen molar-refractivity contribution in [1.82, 2.24) is 10.3 Å². The Balaban J connectivity index is 1.89. The van der Waals surface area contributed by atoms with Crippen LogP contribution in [0.4, 0.5) is 0 Å². The highest BCUT2D eigenvalue weighted by Gasteiger charge is 2.30. The van der Waals surface area contributed by atoms with E-state index in [1.807, 2.05) is 30.3 Å². The van der Waals surface area contributed by atoms with Crippen LogP contribution in [0.2, 0.25) is 0 Å². The summed E-state index contributed by atoms with van der Waals surface area (Å²) >= 11 is 0. The molecule has 5 nitrogen and oxygen atoms in total. The molecule has 0 saturated heterocycles. The zero-order valence-corrected chi connectivity index (χ0v) is 12.3. The number of rotatable bonds is 7. The molecule has 2 N–H and O–H groups in total. The Labute approximate surface area is 124 Å². The van der Waals surface area contributed by atoms with Gasteiger partial charge in [-0.15, -0.1) is 0 Å². The van der Waals surface area contributed by atoms with Crippen LogP contribution >= 0.6 is 0 Å². The second kappa shape index (κ2) is 6.54. The molecular formula is C16H20N2O3. The Hall–Kier alpha value is -2.14. The van der Waals surface area contributed by atoms with Crippen molar-refractivity contribution in [2.75, 3.05) is 13.7 Å². The van der Waals surface area contributed by atoms with Gasteiger partial charge >= 0.3 is 5.97 Å². The van der Waals surface area contributed by atoms with E-state index < -0.39 is 11.5 Å². The fourth-order valence-corrected chi connectivity index (χ4v) is 2.09. The van der Waals surface area contributed by atoms with Gasteiger partial charge in [0.25, 0.3) is 0 Å². The predicted octanol–water partition coefficient (Wildman–Crippen LogP) is 2.46. The van der Waals surface area contributed by atoms with Gasteiger partial charge in [0.15, 0.2) is 0 Å². The van der Waals surface area contributed by atoms with Gasteiger partial charge in [-0.2, -0.15) is 0 Å². The minimum Gasteiger partial charge on any atom is -0.494 e. The van der Waals surface area contributed by atoms with Gasteiger partial charge < -0.3 is 15.2 Å². The first-order valence-electron chi connectivity index (χ1n) is 6.95. The molecule has 112 valence electrons. The second-order valence-corrected chi connectivity index (χ2v) is 5.20. The molecule has 21 heavy (non-hydrogen) atoms. The summed E-state index contributed by atoms with van der Waals surface area (Å²) < 4.78 is 5.67. The van der Waals surface area contributed by atoms with E-state index in [9.17, 15) is 4.79 Å².